The number of anilines is 1. The van der Waals surface area contributed by atoms with Crippen molar-refractivity contribution in [1.29, 1.82) is 0 Å². The molecule has 0 aromatic heterocycles. The number of hydrogen-bond donors (Lipinski definition) is 0. The van der Waals surface area contributed by atoms with Crippen molar-refractivity contribution in [1.82, 2.24) is 5.01 Å². The van der Waals surface area contributed by atoms with Crippen LogP contribution in [0, 0.1) is 4.91 Å². The van der Waals surface area contributed by atoms with E-state index in [-0.39, 0.29) is 12.5 Å². The van der Waals surface area contributed by atoms with Crippen LogP contribution in [-0.2, 0) is 4.79 Å². The summed E-state index contributed by atoms with van der Waals surface area (Å²) in [5.41, 5.74) is 0.719. The van der Waals surface area contributed by atoms with E-state index in [4.69, 9.17) is 0 Å². The summed E-state index contributed by atoms with van der Waals surface area (Å²) in [5, 5.41) is 2.88. The second-order valence-electron chi connectivity index (χ2n) is 3.65. The lowest BCUT2D eigenvalue weighted by Gasteiger charge is -2.19. The van der Waals surface area contributed by atoms with E-state index in [1.54, 1.807) is 0 Å². The van der Waals surface area contributed by atoms with Gasteiger partial charge in [-0.05, 0) is 23.7 Å². The molecule has 1 aromatic rings. The molecule has 0 bridgehead atoms. The molecule has 1 fully saturated rings. The molecule has 2 rings (SSSR count). The Labute approximate surface area is 93.8 Å². The van der Waals surface area contributed by atoms with E-state index in [1.165, 1.54) is 10.1 Å². The lowest BCUT2D eigenvalue weighted by Crippen LogP contribution is -2.41. The topological polar surface area (TPSA) is 43.6 Å². The van der Waals surface area contributed by atoms with Gasteiger partial charge in [-0.1, -0.05) is 25.1 Å². The normalized spacial score (nSPS) is 16.1. The van der Waals surface area contributed by atoms with Gasteiger partial charge in [0.15, 0.2) is 4.87 Å². The van der Waals surface area contributed by atoms with Crippen LogP contribution in [0.1, 0.15) is 13.3 Å². The molecule has 0 radical (unpaired) electrons. The third-order valence-corrected chi connectivity index (χ3v) is 2.42. The van der Waals surface area contributed by atoms with Gasteiger partial charge < -0.3 is 0 Å². The first kappa shape index (κ1) is 10.6. The maximum absolute atomic E-state index is 11.7. The fraction of sp³-hybridized carbons (Fsp3) is 0.364. The molecule has 1 aliphatic rings. The van der Waals surface area contributed by atoms with Crippen molar-refractivity contribution in [3.63, 3.8) is 0 Å². The van der Waals surface area contributed by atoms with Crippen molar-refractivity contribution in [3.8, 4) is 0 Å². The molecule has 5 nitrogen and oxygen atoms in total. The van der Waals surface area contributed by atoms with Gasteiger partial charge in [-0.3, -0.25) is 4.79 Å². The molecule has 1 aliphatic heterocycles. The van der Waals surface area contributed by atoms with Crippen LogP contribution < -0.4 is 5.12 Å². The van der Waals surface area contributed by atoms with Crippen LogP contribution in [0.3, 0.4) is 0 Å². The summed E-state index contributed by atoms with van der Waals surface area (Å²) in [6.45, 7) is 2.44. The SMILES string of the molecule is CCCN1C(=O)C[N+](=O)N1c1ccccc1. The largest absolute Gasteiger partial charge is 0.319 e. The number of nitrogens with zero attached hydrogens (tertiary/aromatic N) is 3. The predicted molar refractivity (Wildman–Crippen MR) is 59.4 cm³/mol. The zero-order chi connectivity index (χ0) is 11.5. The average molecular weight is 220 g/mol. The molecule has 0 unspecified atom stereocenters. The molecule has 0 spiro atoms. The molecule has 1 aromatic carbocycles. The van der Waals surface area contributed by atoms with E-state index in [9.17, 15) is 9.70 Å². The van der Waals surface area contributed by atoms with E-state index in [1.807, 2.05) is 37.3 Å². The standard InChI is InChI=1S/C11H14N3O2/c1-2-8-12-11(15)9-13(16)14(12)10-6-4-3-5-7-10/h3-7H,2,8-9H2,1H3/q+1. The molecular weight excluding hydrogens is 206 g/mol. The van der Waals surface area contributed by atoms with Gasteiger partial charge in [0, 0.05) is 6.54 Å². The molecule has 16 heavy (non-hydrogen) atoms. The summed E-state index contributed by atoms with van der Waals surface area (Å²) < 4.78 is 0. The molecule has 0 aliphatic carbocycles. The number of amides is 1. The maximum atomic E-state index is 11.7. The Bertz CT molecular complexity index is 405. The van der Waals surface area contributed by atoms with Gasteiger partial charge in [0.05, 0.1) is 4.91 Å². The number of hydrogen-bond acceptors (Lipinski definition) is 2. The van der Waals surface area contributed by atoms with E-state index >= 15 is 0 Å². The summed E-state index contributed by atoms with van der Waals surface area (Å²) >= 11 is 0. The van der Waals surface area contributed by atoms with Crippen molar-refractivity contribution in [2.24, 2.45) is 0 Å². The Kier molecular flexibility index (Phi) is 2.85. The van der Waals surface area contributed by atoms with Gasteiger partial charge in [-0.2, -0.15) is 5.01 Å². The monoisotopic (exact) mass is 220 g/mol. The summed E-state index contributed by atoms with van der Waals surface area (Å²) in [6, 6.07) is 9.19. The van der Waals surface area contributed by atoms with E-state index in [0.717, 1.165) is 12.1 Å². The molecule has 84 valence electrons. The number of nitroso groups, excluding NO2 is 1. The third kappa shape index (κ3) is 1.76. The minimum absolute atomic E-state index is 0.102. The Morgan fingerprint density at radius 1 is 1.31 bits per heavy atom. The number of hydrazine groups is 2. The maximum Gasteiger partial charge on any atom is 0.319 e. The first-order valence-corrected chi connectivity index (χ1v) is 5.34. The Balaban J connectivity index is 2.30. The summed E-state index contributed by atoms with van der Waals surface area (Å²) in [6.07, 6.45) is 0.822. The Morgan fingerprint density at radius 3 is 2.62 bits per heavy atom. The van der Waals surface area contributed by atoms with Gasteiger partial charge in [0.2, 0.25) is 0 Å². The van der Waals surface area contributed by atoms with E-state index < -0.39 is 0 Å². The van der Waals surface area contributed by atoms with Crippen LogP contribution >= 0.6 is 0 Å². The average Bonchev–Trinajstić information content (AvgIpc) is 2.56. The molecule has 5 heteroatoms. The molecule has 0 atom stereocenters. The van der Waals surface area contributed by atoms with Crippen molar-refractivity contribution < 1.29 is 9.66 Å². The van der Waals surface area contributed by atoms with E-state index in [2.05, 4.69) is 0 Å². The number of carbonyl (C=O) groups is 1. The van der Waals surface area contributed by atoms with Gasteiger partial charge in [0.1, 0.15) is 5.69 Å². The minimum Gasteiger partial charge on any atom is -0.265 e. The second-order valence-corrected chi connectivity index (χ2v) is 3.65. The first-order valence-electron chi connectivity index (χ1n) is 5.34. The number of para-hydroxylation sites is 1. The van der Waals surface area contributed by atoms with Crippen LogP contribution in [0.5, 0.6) is 0 Å². The quantitative estimate of drug-likeness (QED) is 0.722. The summed E-state index contributed by atoms with van der Waals surface area (Å²) in [7, 11) is 0. The molecular formula is C11H14N3O2+. The lowest BCUT2D eigenvalue weighted by molar-refractivity contribution is -0.551. The smallest absolute Gasteiger partial charge is 0.265 e. The second kappa shape index (κ2) is 4.30. The van der Waals surface area contributed by atoms with Crippen molar-refractivity contribution in [2.75, 3.05) is 18.2 Å². The number of rotatable bonds is 3. The van der Waals surface area contributed by atoms with Crippen LogP contribution in [0.25, 0.3) is 0 Å². The lowest BCUT2D eigenvalue weighted by atomic mass is 10.3. The summed E-state index contributed by atoms with van der Waals surface area (Å²) in [5.74, 6) is -0.152. The number of benzene rings is 1. The highest BCUT2D eigenvalue weighted by Crippen LogP contribution is 2.20. The fourth-order valence-corrected chi connectivity index (χ4v) is 1.75. The predicted octanol–water partition coefficient (Wildman–Crippen LogP) is 1.35. The van der Waals surface area contributed by atoms with Gasteiger partial charge in [-0.15, -0.1) is 0 Å². The van der Waals surface area contributed by atoms with Gasteiger partial charge in [-0.25, -0.2) is 0 Å². The molecule has 0 N–H and O–H groups in total. The highest BCUT2D eigenvalue weighted by atomic mass is 16.4. The molecule has 1 amide bonds. The Morgan fingerprint density at radius 2 is 2.00 bits per heavy atom. The van der Waals surface area contributed by atoms with Gasteiger partial charge >= 0.3 is 12.5 Å². The first-order chi connectivity index (χ1) is 7.74. The zero-order valence-electron chi connectivity index (χ0n) is 9.17. The van der Waals surface area contributed by atoms with E-state index in [0.29, 0.717) is 11.4 Å². The van der Waals surface area contributed by atoms with Crippen LogP contribution in [-0.4, -0.2) is 28.9 Å². The highest BCUT2D eigenvalue weighted by Gasteiger charge is 2.43. The van der Waals surface area contributed by atoms with Crippen LogP contribution in [0.2, 0.25) is 0 Å². The third-order valence-electron chi connectivity index (χ3n) is 2.42. The molecule has 0 saturated carbocycles. The number of carbonyl (C=O) groups excluding carboxylic acids is 1. The van der Waals surface area contributed by atoms with Crippen LogP contribution in [0.15, 0.2) is 30.3 Å². The minimum atomic E-state index is -0.152. The van der Waals surface area contributed by atoms with Crippen molar-refractivity contribution in [3.05, 3.63) is 35.2 Å². The van der Waals surface area contributed by atoms with Gasteiger partial charge in [0.25, 0.3) is 0 Å². The molecule has 1 saturated heterocycles. The highest BCUT2D eigenvalue weighted by molar-refractivity contribution is 5.80. The Hall–Kier alpha value is -1.91. The van der Waals surface area contributed by atoms with Crippen molar-refractivity contribution in [2.45, 2.75) is 13.3 Å². The summed E-state index contributed by atoms with van der Waals surface area (Å²) in [4.78, 5) is 23.9. The zero-order valence-corrected chi connectivity index (χ0v) is 9.17. The molecule has 1 heterocycles. The van der Waals surface area contributed by atoms with Crippen LogP contribution in [0.4, 0.5) is 5.69 Å². The van der Waals surface area contributed by atoms with Crippen molar-refractivity contribution >= 4 is 11.6 Å². The fourth-order valence-electron chi connectivity index (χ4n) is 1.75.